The Bertz CT molecular complexity index is 364. The highest BCUT2D eigenvalue weighted by Gasteiger charge is 2.06. The van der Waals surface area contributed by atoms with E-state index in [1.54, 1.807) is 6.07 Å². The maximum Gasteiger partial charge on any atom is 0.358 e. The Kier molecular flexibility index (Phi) is 4.23. The summed E-state index contributed by atoms with van der Waals surface area (Å²) in [6, 6.07) is 3.19. The summed E-state index contributed by atoms with van der Waals surface area (Å²) in [5, 5.41) is 10.4. The molecule has 6 heteroatoms. The molecular weight excluding hydrogens is 262 g/mol. The zero-order chi connectivity index (χ0) is 11.3. The quantitative estimate of drug-likeness (QED) is 0.843. The number of nitrogens with zero attached hydrogens (tertiary/aromatic N) is 2. The Balaban J connectivity index is 2.64. The van der Waals surface area contributed by atoms with Crippen LogP contribution >= 0.6 is 15.9 Å². The van der Waals surface area contributed by atoms with Gasteiger partial charge in [0.25, 0.3) is 0 Å². The van der Waals surface area contributed by atoms with Crippen LogP contribution in [-0.4, -0.2) is 29.8 Å². The van der Waals surface area contributed by atoms with E-state index in [-0.39, 0.29) is 5.69 Å². The molecule has 0 aliphatic carbocycles. The van der Waals surface area contributed by atoms with Crippen LogP contribution in [0.2, 0.25) is 0 Å². The molecule has 1 heterocycles. The molecule has 0 fully saturated rings. The fraction of sp³-hybridized carbons (Fsp3) is 0.222. The van der Waals surface area contributed by atoms with Crippen LogP contribution in [0.4, 0.5) is 5.82 Å². The third kappa shape index (κ3) is 3.67. The second kappa shape index (κ2) is 5.45. The van der Waals surface area contributed by atoms with Gasteiger partial charge in [0, 0.05) is 11.0 Å². The molecule has 1 aromatic heterocycles. The highest BCUT2D eigenvalue weighted by atomic mass is 79.9. The van der Waals surface area contributed by atoms with E-state index in [0.29, 0.717) is 12.4 Å². The lowest BCUT2D eigenvalue weighted by molar-refractivity contribution is 0.0593. The van der Waals surface area contributed by atoms with E-state index in [9.17, 15) is 4.79 Å². The predicted octanol–water partition coefficient (Wildman–Crippen LogP) is 1.58. The number of hydrogen-bond donors (Lipinski definition) is 1. The maximum atomic E-state index is 11.0. The molecule has 0 bridgehead atoms. The molecule has 1 rings (SSSR count). The van der Waals surface area contributed by atoms with Crippen molar-refractivity contribution in [3.05, 3.63) is 28.9 Å². The van der Waals surface area contributed by atoms with Crippen molar-refractivity contribution < 1.29 is 9.53 Å². The summed E-state index contributed by atoms with van der Waals surface area (Å²) in [5.74, 6) is 0.0715. The largest absolute Gasteiger partial charge is 0.464 e. The number of esters is 1. The van der Waals surface area contributed by atoms with Crippen molar-refractivity contribution in [3.63, 3.8) is 0 Å². The van der Waals surface area contributed by atoms with Gasteiger partial charge >= 0.3 is 5.97 Å². The van der Waals surface area contributed by atoms with E-state index < -0.39 is 5.97 Å². The van der Waals surface area contributed by atoms with Gasteiger partial charge in [0.15, 0.2) is 5.69 Å². The second-order valence-corrected chi connectivity index (χ2v) is 3.79. The van der Waals surface area contributed by atoms with Gasteiger partial charge in [0.2, 0.25) is 0 Å². The third-order valence-electron chi connectivity index (χ3n) is 1.52. The summed E-state index contributed by atoms with van der Waals surface area (Å²) < 4.78 is 5.30. The summed E-state index contributed by atoms with van der Waals surface area (Å²) in [7, 11) is 1.30. The van der Waals surface area contributed by atoms with Gasteiger partial charge in [-0.2, -0.15) is 0 Å². The fourth-order valence-electron chi connectivity index (χ4n) is 0.826. The Morgan fingerprint density at radius 2 is 2.33 bits per heavy atom. The predicted molar refractivity (Wildman–Crippen MR) is 59.9 cm³/mol. The normalized spacial score (nSPS) is 9.47. The summed E-state index contributed by atoms with van der Waals surface area (Å²) in [4.78, 5) is 11.0. The van der Waals surface area contributed by atoms with E-state index in [2.05, 4.69) is 42.8 Å². The smallest absolute Gasteiger partial charge is 0.358 e. The van der Waals surface area contributed by atoms with Crippen LogP contribution < -0.4 is 5.32 Å². The molecule has 5 nitrogen and oxygen atoms in total. The molecule has 0 aliphatic heterocycles. The lowest BCUT2D eigenvalue weighted by atomic mass is 10.4. The topological polar surface area (TPSA) is 64.1 Å². The van der Waals surface area contributed by atoms with Gasteiger partial charge in [-0.15, -0.1) is 10.2 Å². The summed E-state index contributed by atoms with van der Waals surface area (Å²) in [6.45, 7) is 4.21. The lowest BCUT2D eigenvalue weighted by Crippen LogP contribution is -2.08. The minimum atomic E-state index is -0.501. The van der Waals surface area contributed by atoms with Crippen molar-refractivity contribution in [2.75, 3.05) is 19.0 Å². The van der Waals surface area contributed by atoms with Crippen LogP contribution in [0, 0.1) is 0 Å². The van der Waals surface area contributed by atoms with Crippen molar-refractivity contribution in [1.82, 2.24) is 10.2 Å². The van der Waals surface area contributed by atoms with E-state index in [1.165, 1.54) is 13.2 Å². The average Bonchev–Trinajstić information content (AvgIpc) is 2.26. The average molecular weight is 272 g/mol. The number of methoxy groups -OCH3 is 1. The van der Waals surface area contributed by atoms with Crippen molar-refractivity contribution in [2.24, 2.45) is 0 Å². The number of anilines is 1. The molecule has 0 aromatic carbocycles. The monoisotopic (exact) mass is 271 g/mol. The van der Waals surface area contributed by atoms with Crippen LogP contribution in [0.3, 0.4) is 0 Å². The molecule has 1 aromatic rings. The molecule has 0 saturated heterocycles. The third-order valence-corrected chi connectivity index (χ3v) is 1.80. The van der Waals surface area contributed by atoms with Crippen LogP contribution in [0.25, 0.3) is 0 Å². The Morgan fingerprint density at radius 1 is 1.60 bits per heavy atom. The number of halogens is 1. The van der Waals surface area contributed by atoms with E-state index in [4.69, 9.17) is 0 Å². The molecule has 0 radical (unpaired) electrons. The first kappa shape index (κ1) is 11.6. The fourth-order valence-corrected chi connectivity index (χ4v) is 0.967. The highest BCUT2D eigenvalue weighted by molar-refractivity contribution is 9.11. The first-order chi connectivity index (χ1) is 7.13. The summed E-state index contributed by atoms with van der Waals surface area (Å²) in [5.41, 5.74) is 0.181. The Labute approximate surface area is 95.7 Å². The maximum absolute atomic E-state index is 11.0. The SMILES string of the molecule is C=C(Br)CNc1ccc(C(=O)OC)nn1. The molecule has 15 heavy (non-hydrogen) atoms. The second-order valence-electron chi connectivity index (χ2n) is 2.67. The first-order valence-electron chi connectivity index (χ1n) is 4.12. The van der Waals surface area contributed by atoms with Crippen molar-refractivity contribution in [3.8, 4) is 0 Å². The molecule has 0 unspecified atom stereocenters. The summed E-state index contributed by atoms with van der Waals surface area (Å²) >= 11 is 3.20. The minimum absolute atomic E-state index is 0.181. The molecule has 0 amide bonds. The number of rotatable bonds is 4. The number of nitrogens with one attached hydrogen (secondary N) is 1. The van der Waals surface area contributed by atoms with Crippen molar-refractivity contribution in [2.45, 2.75) is 0 Å². The molecule has 0 spiro atoms. The molecule has 0 atom stereocenters. The van der Waals surface area contributed by atoms with Crippen molar-refractivity contribution >= 4 is 27.7 Å². The number of carbonyl (C=O) groups excluding carboxylic acids is 1. The molecule has 80 valence electrons. The van der Waals surface area contributed by atoms with Gasteiger partial charge in [-0.3, -0.25) is 0 Å². The molecule has 0 saturated carbocycles. The number of aromatic nitrogens is 2. The highest BCUT2D eigenvalue weighted by Crippen LogP contribution is 2.06. The number of ether oxygens (including phenoxy) is 1. The van der Waals surface area contributed by atoms with E-state index >= 15 is 0 Å². The lowest BCUT2D eigenvalue weighted by Gasteiger charge is -2.03. The Hall–Kier alpha value is -1.43. The molecular formula is C9H10BrN3O2. The molecule has 0 aliphatic rings. The molecule has 1 N–H and O–H groups in total. The van der Waals surface area contributed by atoms with Gasteiger partial charge in [-0.1, -0.05) is 22.5 Å². The van der Waals surface area contributed by atoms with Crippen molar-refractivity contribution in [1.29, 1.82) is 0 Å². The zero-order valence-corrected chi connectivity index (χ0v) is 9.74. The van der Waals surface area contributed by atoms with Crippen LogP contribution in [0.1, 0.15) is 10.5 Å². The van der Waals surface area contributed by atoms with Gasteiger partial charge < -0.3 is 10.1 Å². The standard InChI is InChI=1S/C9H10BrN3O2/c1-6(10)5-11-8-4-3-7(12-13-8)9(14)15-2/h3-4H,1,5H2,2H3,(H,11,13). The van der Waals surface area contributed by atoms with E-state index in [0.717, 1.165) is 4.48 Å². The Morgan fingerprint density at radius 3 is 2.80 bits per heavy atom. The van der Waals surface area contributed by atoms with Crippen LogP contribution in [0.15, 0.2) is 23.2 Å². The van der Waals surface area contributed by atoms with E-state index in [1.807, 2.05) is 0 Å². The zero-order valence-electron chi connectivity index (χ0n) is 8.16. The van der Waals surface area contributed by atoms with Crippen LogP contribution in [-0.2, 0) is 4.74 Å². The van der Waals surface area contributed by atoms with Gasteiger partial charge in [0.1, 0.15) is 5.82 Å². The summed E-state index contributed by atoms with van der Waals surface area (Å²) in [6.07, 6.45) is 0. The minimum Gasteiger partial charge on any atom is -0.464 e. The number of hydrogen-bond acceptors (Lipinski definition) is 5. The van der Waals surface area contributed by atoms with Gasteiger partial charge in [0.05, 0.1) is 7.11 Å². The first-order valence-corrected chi connectivity index (χ1v) is 4.92. The van der Waals surface area contributed by atoms with Gasteiger partial charge in [-0.05, 0) is 12.1 Å². The number of carbonyl (C=O) groups is 1. The van der Waals surface area contributed by atoms with Gasteiger partial charge in [-0.25, -0.2) is 4.79 Å². The van der Waals surface area contributed by atoms with Crippen LogP contribution in [0.5, 0.6) is 0 Å².